The summed E-state index contributed by atoms with van der Waals surface area (Å²) in [5.41, 5.74) is 3.42. The van der Waals surface area contributed by atoms with E-state index < -0.39 is 0 Å². The highest BCUT2D eigenvalue weighted by Gasteiger charge is 2.23. The number of aromatic amines is 1. The lowest BCUT2D eigenvalue weighted by atomic mass is 9.90. The number of furan rings is 1. The van der Waals surface area contributed by atoms with Crippen molar-refractivity contribution in [3.05, 3.63) is 83.9 Å². The Bertz CT molecular complexity index is 1040. The van der Waals surface area contributed by atoms with Gasteiger partial charge in [0.05, 0.1) is 27.0 Å². The van der Waals surface area contributed by atoms with Crippen LogP contribution in [0.15, 0.2) is 71.5 Å². The van der Waals surface area contributed by atoms with E-state index in [2.05, 4.69) is 40.8 Å². The molecule has 28 heavy (non-hydrogen) atoms. The second-order valence-corrected chi connectivity index (χ2v) is 6.64. The molecule has 4 aromatic rings. The van der Waals surface area contributed by atoms with Crippen molar-refractivity contribution in [2.45, 2.75) is 12.5 Å². The Hall–Kier alpha value is -3.18. The third-order valence-electron chi connectivity index (χ3n) is 5.03. The smallest absolute Gasteiger partial charge is 0.164 e. The number of nitrogens with one attached hydrogen (secondary N) is 2. The van der Waals surface area contributed by atoms with Crippen LogP contribution in [-0.4, -0.2) is 25.7 Å². The standard InChI is InChI=1S/C23H24N2O3/c1-26-22-11-5-9-18(23(22)27-2)19(14-24-13-16-7-6-12-28-16)20-15-25-21-10-4-3-8-17(20)21/h3-12,15,19,24-25H,13-14H2,1-2H3/t19-/m1/s1. The Morgan fingerprint density at radius 3 is 2.64 bits per heavy atom. The Kier molecular flexibility index (Phi) is 5.35. The molecular weight excluding hydrogens is 352 g/mol. The first-order chi connectivity index (χ1) is 13.8. The van der Waals surface area contributed by atoms with Crippen LogP contribution in [0.2, 0.25) is 0 Å². The molecule has 0 fully saturated rings. The van der Waals surface area contributed by atoms with Crippen LogP contribution in [0.1, 0.15) is 22.8 Å². The predicted molar refractivity (Wildman–Crippen MR) is 110 cm³/mol. The minimum Gasteiger partial charge on any atom is -0.493 e. The number of hydrogen-bond donors (Lipinski definition) is 2. The lowest BCUT2D eigenvalue weighted by molar-refractivity contribution is 0.350. The van der Waals surface area contributed by atoms with Gasteiger partial charge >= 0.3 is 0 Å². The summed E-state index contributed by atoms with van der Waals surface area (Å²) in [7, 11) is 3.35. The summed E-state index contributed by atoms with van der Waals surface area (Å²) in [4.78, 5) is 3.39. The van der Waals surface area contributed by atoms with Crippen molar-refractivity contribution in [3.63, 3.8) is 0 Å². The van der Waals surface area contributed by atoms with Crippen molar-refractivity contribution in [1.82, 2.24) is 10.3 Å². The molecule has 0 bridgehead atoms. The second kappa shape index (κ2) is 8.23. The van der Waals surface area contributed by atoms with Crippen molar-refractivity contribution in [2.24, 2.45) is 0 Å². The van der Waals surface area contributed by atoms with Crippen LogP contribution < -0.4 is 14.8 Å². The van der Waals surface area contributed by atoms with E-state index in [-0.39, 0.29) is 5.92 Å². The molecule has 0 amide bonds. The van der Waals surface area contributed by atoms with Crippen LogP contribution in [0.3, 0.4) is 0 Å². The van der Waals surface area contributed by atoms with E-state index in [0.717, 1.165) is 34.9 Å². The maximum absolute atomic E-state index is 5.73. The summed E-state index contributed by atoms with van der Waals surface area (Å²) < 4.78 is 16.7. The molecule has 144 valence electrons. The molecule has 5 nitrogen and oxygen atoms in total. The molecule has 0 saturated heterocycles. The molecular formula is C23H24N2O3. The number of benzene rings is 2. The topological polar surface area (TPSA) is 59.4 Å². The molecule has 2 heterocycles. The van der Waals surface area contributed by atoms with Gasteiger partial charge < -0.3 is 24.2 Å². The fourth-order valence-corrected chi connectivity index (χ4v) is 3.71. The van der Waals surface area contributed by atoms with E-state index in [4.69, 9.17) is 13.9 Å². The van der Waals surface area contributed by atoms with Crippen molar-refractivity contribution >= 4 is 10.9 Å². The first-order valence-electron chi connectivity index (χ1n) is 9.31. The van der Waals surface area contributed by atoms with Crippen LogP contribution >= 0.6 is 0 Å². The fourth-order valence-electron chi connectivity index (χ4n) is 3.71. The zero-order valence-corrected chi connectivity index (χ0v) is 16.1. The van der Waals surface area contributed by atoms with Gasteiger partial charge in [0, 0.05) is 35.1 Å². The highest BCUT2D eigenvalue weighted by molar-refractivity contribution is 5.84. The summed E-state index contributed by atoms with van der Waals surface area (Å²) in [5, 5.41) is 4.73. The van der Waals surface area contributed by atoms with Gasteiger partial charge in [-0.1, -0.05) is 30.3 Å². The molecule has 0 aliphatic carbocycles. The number of rotatable bonds is 8. The Morgan fingerprint density at radius 1 is 0.964 bits per heavy atom. The lowest BCUT2D eigenvalue weighted by Crippen LogP contribution is -2.22. The molecule has 4 rings (SSSR count). The lowest BCUT2D eigenvalue weighted by Gasteiger charge is -2.22. The van der Waals surface area contributed by atoms with Gasteiger partial charge in [-0.05, 0) is 29.8 Å². The minimum absolute atomic E-state index is 0.0798. The van der Waals surface area contributed by atoms with E-state index in [1.54, 1.807) is 20.5 Å². The summed E-state index contributed by atoms with van der Waals surface area (Å²) in [6.45, 7) is 1.39. The number of H-pyrrole nitrogens is 1. The highest BCUT2D eigenvalue weighted by Crippen LogP contribution is 2.40. The molecule has 5 heteroatoms. The molecule has 0 aliphatic heterocycles. The van der Waals surface area contributed by atoms with E-state index in [9.17, 15) is 0 Å². The molecule has 0 spiro atoms. The number of aromatic nitrogens is 1. The molecule has 2 N–H and O–H groups in total. The number of fused-ring (bicyclic) bond motifs is 1. The van der Waals surface area contributed by atoms with Gasteiger partial charge in [0.1, 0.15) is 5.76 Å². The van der Waals surface area contributed by atoms with Gasteiger partial charge in [0.2, 0.25) is 0 Å². The average molecular weight is 376 g/mol. The Morgan fingerprint density at radius 2 is 1.86 bits per heavy atom. The van der Waals surface area contributed by atoms with E-state index >= 15 is 0 Å². The Labute approximate surface area is 164 Å². The molecule has 1 atom stereocenters. The zero-order chi connectivity index (χ0) is 19.3. The minimum atomic E-state index is 0.0798. The summed E-state index contributed by atoms with van der Waals surface area (Å²) in [6.07, 6.45) is 3.78. The third-order valence-corrected chi connectivity index (χ3v) is 5.03. The van der Waals surface area contributed by atoms with Crippen LogP contribution in [0.5, 0.6) is 11.5 Å². The van der Waals surface area contributed by atoms with Crippen molar-refractivity contribution in [3.8, 4) is 11.5 Å². The second-order valence-electron chi connectivity index (χ2n) is 6.64. The van der Waals surface area contributed by atoms with Crippen molar-refractivity contribution in [1.29, 1.82) is 0 Å². The average Bonchev–Trinajstić information content (AvgIpc) is 3.40. The van der Waals surface area contributed by atoms with Gasteiger partial charge in [-0.2, -0.15) is 0 Å². The zero-order valence-electron chi connectivity index (χ0n) is 16.1. The van der Waals surface area contributed by atoms with E-state index in [1.165, 1.54) is 10.9 Å². The van der Waals surface area contributed by atoms with Gasteiger partial charge in [-0.15, -0.1) is 0 Å². The normalized spacial score (nSPS) is 12.2. The van der Waals surface area contributed by atoms with E-state index in [1.807, 2.05) is 30.3 Å². The largest absolute Gasteiger partial charge is 0.493 e. The first kappa shape index (κ1) is 18.2. The highest BCUT2D eigenvalue weighted by atomic mass is 16.5. The molecule has 2 aromatic carbocycles. The SMILES string of the molecule is COc1cccc([C@@H](CNCc2ccco2)c2c[nH]c3ccccc23)c1OC. The summed E-state index contributed by atoms with van der Waals surface area (Å²) >= 11 is 0. The van der Waals surface area contributed by atoms with Gasteiger partial charge in [0.15, 0.2) is 11.5 Å². The van der Waals surface area contributed by atoms with Gasteiger partial charge in [-0.25, -0.2) is 0 Å². The molecule has 0 saturated carbocycles. The maximum Gasteiger partial charge on any atom is 0.164 e. The monoisotopic (exact) mass is 376 g/mol. The molecule has 0 aliphatic rings. The van der Waals surface area contributed by atoms with E-state index in [0.29, 0.717) is 6.54 Å². The molecule has 2 aromatic heterocycles. The summed E-state index contributed by atoms with van der Waals surface area (Å²) in [5.74, 6) is 2.49. The van der Waals surface area contributed by atoms with Crippen molar-refractivity contribution < 1.29 is 13.9 Å². The van der Waals surface area contributed by atoms with Gasteiger partial charge in [0.25, 0.3) is 0 Å². The van der Waals surface area contributed by atoms with Crippen molar-refractivity contribution in [2.75, 3.05) is 20.8 Å². The fraction of sp³-hybridized carbons (Fsp3) is 0.217. The van der Waals surface area contributed by atoms with Crippen LogP contribution in [0.4, 0.5) is 0 Å². The summed E-state index contributed by atoms with van der Waals surface area (Å²) in [6, 6.07) is 18.2. The Balaban J connectivity index is 1.73. The molecule has 0 radical (unpaired) electrons. The number of methoxy groups -OCH3 is 2. The first-order valence-corrected chi connectivity index (χ1v) is 9.31. The maximum atomic E-state index is 5.73. The quantitative estimate of drug-likeness (QED) is 0.468. The predicted octanol–water partition coefficient (Wildman–Crippen LogP) is 4.70. The van der Waals surface area contributed by atoms with Crippen LogP contribution in [0, 0.1) is 0 Å². The third kappa shape index (κ3) is 3.49. The number of ether oxygens (including phenoxy) is 2. The molecule has 0 unspecified atom stereocenters. The number of hydrogen-bond acceptors (Lipinski definition) is 4. The number of para-hydroxylation sites is 2. The van der Waals surface area contributed by atoms with Crippen LogP contribution in [-0.2, 0) is 6.54 Å². The van der Waals surface area contributed by atoms with Crippen LogP contribution in [0.25, 0.3) is 10.9 Å². The van der Waals surface area contributed by atoms with Gasteiger partial charge in [-0.3, -0.25) is 0 Å².